The molecular weight excluding hydrogens is 231 g/mol. The Labute approximate surface area is 108 Å². The first-order valence-corrected chi connectivity index (χ1v) is 6.39. The van der Waals surface area contributed by atoms with Crippen molar-refractivity contribution in [1.82, 2.24) is 5.32 Å². The summed E-state index contributed by atoms with van der Waals surface area (Å²) >= 11 is 0. The molecule has 0 heterocycles. The third-order valence-corrected chi connectivity index (χ3v) is 2.72. The van der Waals surface area contributed by atoms with Crippen LogP contribution in [-0.4, -0.2) is 19.0 Å². The van der Waals surface area contributed by atoms with Crippen molar-refractivity contribution >= 4 is 5.91 Å². The standard InChI is InChI=1S/C14H21FN2O/c1-11-8-12(10-13(15)9-11)14(18)17-7-5-3-2-4-6-16/h8-10H,2-7,16H2,1H3,(H,17,18). The molecule has 0 aliphatic carbocycles. The molecule has 0 aromatic heterocycles. The van der Waals surface area contributed by atoms with Crippen LogP contribution in [0.3, 0.4) is 0 Å². The molecule has 1 rings (SSSR count). The number of unbranched alkanes of at least 4 members (excludes halogenated alkanes) is 3. The van der Waals surface area contributed by atoms with E-state index in [4.69, 9.17) is 5.73 Å². The highest BCUT2D eigenvalue weighted by atomic mass is 19.1. The number of hydrogen-bond donors (Lipinski definition) is 2. The van der Waals surface area contributed by atoms with E-state index in [1.54, 1.807) is 13.0 Å². The lowest BCUT2D eigenvalue weighted by atomic mass is 10.1. The summed E-state index contributed by atoms with van der Waals surface area (Å²) < 4.78 is 13.1. The first-order valence-electron chi connectivity index (χ1n) is 6.39. The van der Waals surface area contributed by atoms with E-state index in [1.807, 2.05) is 0 Å². The lowest BCUT2D eigenvalue weighted by Crippen LogP contribution is -2.24. The Morgan fingerprint density at radius 3 is 2.61 bits per heavy atom. The normalized spacial score (nSPS) is 10.4. The second-order valence-corrected chi connectivity index (χ2v) is 4.48. The molecule has 18 heavy (non-hydrogen) atoms. The number of amides is 1. The number of benzene rings is 1. The highest BCUT2D eigenvalue weighted by Gasteiger charge is 2.06. The molecule has 1 aromatic carbocycles. The molecule has 0 aliphatic heterocycles. The topological polar surface area (TPSA) is 55.1 Å². The molecular formula is C14H21FN2O. The molecule has 0 unspecified atom stereocenters. The zero-order chi connectivity index (χ0) is 13.4. The molecule has 0 radical (unpaired) electrons. The molecule has 0 fully saturated rings. The van der Waals surface area contributed by atoms with Crippen molar-refractivity contribution in [3.63, 3.8) is 0 Å². The van der Waals surface area contributed by atoms with Crippen molar-refractivity contribution < 1.29 is 9.18 Å². The van der Waals surface area contributed by atoms with Gasteiger partial charge in [0.05, 0.1) is 0 Å². The van der Waals surface area contributed by atoms with Crippen molar-refractivity contribution in [2.24, 2.45) is 5.73 Å². The molecule has 1 amide bonds. The van der Waals surface area contributed by atoms with Crippen LogP contribution in [0.5, 0.6) is 0 Å². The van der Waals surface area contributed by atoms with Gasteiger partial charge in [-0.25, -0.2) is 4.39 Å². The van der Waals surface area contributed by atoms with Gasteiger partial charge in [0.25, 0.3) is 5.91 Å². The Hall–Kier alpha value is -1.42. The summed E-state index contributed by atoms with van der Waals surface area (Å²) in [5.41, 5.74) is 6.53. The molecule has 3 N–H and O–H groups in total. The second-order valence-electron chi connectivity index (χ2n) is 4.48. The van der Waals surface area contributed by atoms with Crippen LogP contribution in [0.2, 0.25) is 0 Å². The minimum atomic E-state index is -0.372. The fraction of sp³-hybridized carbons (Fsp3) is 0.500. The van der Waals surface area contributed by atoms with E-state index in [-0.39, 0.29) is 11.7 Å². The van der Waals surface area contributed by atoms with Crippen molar-refractivity contribution in [3.05, 3.63) is 35.1 Å². The zero-order valence-corrected chi connectivity index (χ0v) is 10.8. The van der Waals surface area contributed by atoms with Gasteiger partial charge in [0, 0.05) is 12.1 Å². The van der Waals surface area contributed by atoms with E-state index in [2.05, 4.69) is 5.32 Å². The van der Waals surface area contributed by atoms with Gasteiger partial charge in [-0.2, -0.15) is 0 Å². The Morgan fingerprint density at radius 1 is 1.22 bits per heavy atom. The second kappa shape index (κ2) is 7.82. The third-order valence-electron chi connectivity index (χ3n) is 2.72. The first-order chi connectivity index (χ1) is 8.63. The predicted molar refractivity (Wildman–Crippen MR) is 71.0 cm³/mol. The summed E-state index contributed by atoms with van der Waals surface area (Å²) in [7, 11) is 0. The van der Waals surface area contributed by atoms with E-state index in [1.165, 1.54) is 12.1 Å². The fourth-order valence-corrected chi connectivity index (χ4v) is 1.79. The number of carbonyl (C=O) groups excluding carboxylic acids is 1. The van der Waals surface area contributed by atoms with E-state index < -0.39 is 0 Å². The van der Waals surface area contributed by atoms with Gasteiger partial charge in [0.15, 0.2) is 0 Å². The largest absolute Gasteiger partial charge is 0.352 e. The summed E-state index contributed by atoms with van der Waals surface area (Å²) in [5.74, 6) is -0.584. The zero-order valence-electron chi connectivity index (χ0n) is 10.8. The smallest absolute Gasteiger partial charge is 0.251 e. The van der Waals surface area contributed by atoms with Crippen molar-refractivity contribution in [1.29, 1.82) is 0 Å². The summed E-state index contributed by atoms with van der Waals surface area (Å²) in [5, 5.41) is 2.79. The summed E-state index contributed by atoms with van der Waals surface area (Å²) in [4.78, 5) is 11.7. The van der Waals surface area contributed by atoms with Gasteiger partial charge in [0.2, 0.25) is 0 Å². The van der Waals surface area contributed by atoms with Crippen molar-refractivity contribution in [2.75, 3.05) is 13.1 Å². The van der Waals surface area contributed by atoms with E-state index >= 15 is 0 Å². The number of rotatable bonds is 7. The molecule has 0 saturated carbocycles. The van der Waals surface area contributed by atoms with Gasteiger partial charge in [0.1, 0.15) is 5.82 Å². The molecule has 100 valence electrons. The molecule has 0 bridgehead atoms. The molecule has 1 aromatic rings. The highest BCUT2D eigenvalue weighted by molar-refractivity contribution is 5.94. The summed E-state index contributed by atoms with van der Waals surface area (Å²) in [6, 6.07) is 4.35. The van der Waals surface area contributed by atoms with Crippen LogP contribution in [0.4, 0.5) is 4.39 Å². The lowest BCUT2D eigenvalue weighted by molar-refractivity contribution is 0.0952. The monoisotopic (exact) mass is 252 g/mol. The average Bonchev–Trinajstić information content (AvgIpc) is 2.32. The van der Waals surface area contributed by atoms with E-state index in [0.717, 1.165) is 37.8 Å². The van der Waals surface area contributed by atoms with Crippen LogP contribution >= 0.6 is 0 Å². The highest BCUT2D eigenvalue weighted by Crippen LogP contribution is 2.08. The van der Waals surface area contributed by atoms with Gasteiger partial charge >= 0.3 is 0 Å². The van der Waals surface area contributed by atoms with Crippen molar-refractivity contribution in [2.45, 2.75) is 32.6 Å². The molecule has 3 nitrogen and oxygen atoms in total. The lowest BCUT2D eigenvalue weighted by Gasteiger charge is -2.06. The van der Waals surface area contributed by atoms with Gasteiger partial charge < -0.3 is 11.1 Å². The van der Waals surface area contributed by atoms with Crippen LogP contribution in [0, 0.1) is 12.7 Å². The number of nitrogens with two attached hydrogens (primary N) is 1. The van der Waals surface area contributed by atoms with E-state index in [9.17, 15) is 9.18 Å². The maximum absolute atomic E-state index is 13.1. The van der Waals surface area contributed by atoms with Crippen LogP contribution in [0.1, 0.15) is 41.6 Å². The van der Waals surface area contributed by atoms with Crippen LogP contribution in [0.15, 0.2) is 18.2 Å². The molecule has 0 saturated heterocycles. The number of hydrogen-bond acceptors (Lipinski definition) is 2. The van der Waals surface area contributed by atoms with E-state index in [0.29, 0.717) is 12.1 Å². The summed E-state index contributed by atoms with van der Waals surface area (Å²) in [6.45, 7) is 3.11. The Balaban J connectivity index is 2.32. The predicted octanol–water partition coefficient (Wildman–Crippen LogP) is 2.38. The van der Waals surface area contributed by atoms with Crippen molar-refractivity contribution in [3.8, 4) is 0 Å². The Bertz CT molecular complexity index is 373. The molecule has 4 heteroatoms. The maximum atomic E-state index is 13.1. The molecule has 0 atom stereocenters. The first kappa shape index (κ1) is 14.6. The maximum Gasteiger partial charge on any atom is 0.251 e. The minimum Gasteiger partial charge on any atom is -0.352 e. The minimum absolute atomic E-state index is 0.212. The third kappa shape index (κ3) is 5.27. The number of nitrogens with one attached hydrogen (secondary N) is 1. The Kier molecular flexibility index (Phi) is 6.36. The molecule has 0 spiro atoms. The SMILES string of the molecule is Cc1cc(F)cc(C(=O)NCCCCCCN)c1. The van der Waals surface area contributed by atoms with Gasteiger partial charge in [-0.1, -0.05) is 12.8 Å². The van der Waals surface area contributed by atoms with Gasteiger partial charge in [-0.3, -0.25) is 4.79 Å². The van der Waals surface area contributed by atoms with Crippen LogP contribution < -0.4 is 11.1 Å². The van der Waals surface area contributed by atoms with Gasteiger partial charge in [-0.15, -0.1) is 0 Å². The Morgan fingerprint density at radius 2 is 1.94 bits per heavy atom. The number of carbonyl (C=O) groups is 1. The van der Waals surface area contributed by atoms with Gasteiger partial charge in [-0.05, 0) is 50.1 Å². The van der Waals surface area contributed by atoms with Crippen LogP contribution in [-0.2, 0) is 0 Å². The number of halogens is 1. The number of aryl methyl sites for hydroxylation is 1. The summed E-state index contributed by atoms with van der Waals surface area (Å²) in [6.07, 6.45) is 4.10. The quantitative estimate of drug-likeness (QED) is 0.732. The van der Waals surface area contributed by atoms with Crippen LogP contribution in [0.25, 0.3) is 0 Å². The fourth-order valence-electron chi connectivity index (χ4n) is 1.79. The average molecular weight is 252 g/mol. The molecule has 0 aliphatic rings.